The maximum atomic E-state index is 11.6. The Bertz CT molecular complexity index is 838. The third-order valence-electron chi connectivity index (χ3n) is 3.70. The van der Waals surface area contributed by atoms with E-state index < -0.39 is 0 Å². The number of carbonyl (C=O) groups is 1. The molecule has 3 rings (SSSR count). The minimum atomic E-state index is -0.270. The van der Waals surface area contributed by atoms with Crippen LogP contribution in [0.15, 0.2) is 59.0 Å². The van der Waals surface area contributed by atoms with Crippen LogP contribution in [0.2, 0.25) is 0 Å². The summed E-state index contributed by atoms with van der Waals surface area (Å²) in [5.74, 6) is 1.05. The smallest absolute Gasteiger partial charge is 0.306 e. The first kappa shape index (κ1) is 16.8. The van der Waals surface area contributed by atoms with Crippen LogP contribution < -0.4 is 0 Å². The van der Waals surface area contributed by atoms with Crippen molar-refractivity contribution in [1.29, 1.82) is 0 Å². The molecule has 1 aromatic heterocycles. The van der Waals surface area contributed by atoms with E-state index in [4.69, 9.17) is 9.15 Å². The summed E-state index contributed by atoms with van der Waals surface area (Å²) >= 11 is 0. The zero-order valence-electron chi connectivity index (χ0n) is 13.9. The second kappa shape index (κ2) is 7.66. The van der Waals surface area contributed by atoms with Gasteiger partial charge in [-0.1, -0.05) is 30.3 Å². The Morgan fingerprint density at radius 2 is 1.80 bits per heavy atom. The normalized spacial score (nSPS) is 10.6. The van der Waals surface area contributed by atoms with E-state index in [0.717, 1.165) is 11.1 Å². The topological polar surface area (TPSA) is 72.6 Å². The summed E-state index contributed by atoms with van der Waals surface area (Å²) in [7, 11) is 0. The summed E-state index contributed by atoms with van der Waals surface area (Å²) in [6.45, 7) is 2.14. The molecule has 0 aliphatic carbocycles. The molecule has 25 heavy (non-hydrogen) atoms. The van der Waals surface area contributed by atoms with Crippen molar-refractivity contribution in [1.82, 2.24) is 4.98 Å². The zero-order valence-corrected chi connectivity index (χ0v) is 13.9. The molecule has 128 valence electrons. The first-order valence-corrected chi connectivity index (χ1v) is 8.17. The van der Waals surface area contributed by atoms with Gasteiger partial charge in [0.2, 0.25) is 0 Å². The number of nitrogens with zero attached hydrogens (tertiary/aromatic N) is 1. The first-order valence-electron chi connectivity index (χ1n) is 8.17. The number of aromatic hydroxyl groups is 1. The van der Waals surface area contributed by atoms with Crippen molar-refractivity contribution < 1.29 is 19.1 Å². The van der Waals surface area contributed by atoms with Gasteiger partial charge in [0.25, 0.3) is 0 Å². The summed E-state index contributed by atoms with van der Waals surface area (Å²) in [6, 6.07) is 16.5. The van der Waals surface area contributed by atoms with E-state index in [-0.39, 0.29) is 18.1 Å². The van der Waals surface area contributed by atoms with Crippen LogP contribution in [0.1, 0.15) is 19.2 Å². The number of phenolic OH excluding ortho intramolecular Hbond substituents is 1. The number of esters is 1. The molecule has 0 bridgehead atoms. The number of aromatic nitrogens is 1. The number of aryl methyl sites for hydroxylation is 1. The van der Waals surface area contributed by atoms with E-state index >= 15 is 0 Å². The Morgan fingerprint density at radius 3 is 2.48 bits per heavy atom. The molecule has 3 aromatic rings. The number of rotatable bonds is 6. The summed E-state index contributed by atoms with van der Waals surface area (Å²) < 4.78 is 10.9. The number of phenols is 1. The molecule has 2 aromatic carbocycles. The van der Waals surface area contributed by atoms with Crippen molar-refractivity contribution in [2.24, 2.45) is 0 Å². The van der Waals surface area contributed by atoms with Crippen molar-refractivity contribution >= 4 is 5.97 Å². The second-order valence-corrected chi connectivity index (χ2v) is 5.50. The molecule has 5 nitrogen and oxygen atoms in total. The van der Waals surface area contributed by atoms with Crippen molar-refractivity contribution in [3.8, 4) is 28.3 Å². The van der Waals surface area contributed by atoms with Crippen molar-refractivity contribution in [2.45, 2.75) is 19.8 Å². The minimum Gasteiger partial charge on any atom is -0.508 e. The number of oxazole rings is 1. The van der Waals surface area contributed by atoms with Gasteiger partial charge in [0, 0.05) is 17.5 Å². The van der Waals surface area contributed by atoms with Crippen LogP contribution >= 0.6 is 0 Å². The number of ether oxygens (including phenoxy) is 1. The van der Waals surface area contributed by atoms with Gasteiger partial charge in [0.15, 0.2) is 11.7 Å². The Kier molecular flexibility index (Phi) is 5.14. The highest BCUT2D eigenvalue weighted by Gasteiger charge is 2.17. The molecule has 0 fully saturated rings. The fourth-order valence-corrected chi connectivity index (χ4v) is 2.51. The highest BCUT2D eigenvalue weighted by molar-refractivity contribution is 5.77. The molecule has 1 heterocycles. The van der Waals surface area contributed by atoms with Crippen molar-refractivity contribution in [3.05, 3.63) is 60.5 Å². The van der Waals surface area contributed by atoms with E-state index in [0.29, 0.717) is 30.4 Å². The zero-order chi connectivity index (χ0) is 17.6. The lowest BCUT2D eigenvalue weighted by molar-refractivity contribution is -0.143. The molecule has 0 radical (unpaired) electrons. The number of hydrogen-bond donors (Lipinski definition) is 1. The Hall–Kier alpha value is -3.08. The van der Waals surface area contributed by atoms with E-state index in [1.54, 1.807) is 31.2 Å². The van der Waals surface area contributed by atoms with Gasteiger partial charge in [-0.3, -0.25) is 4.79 Å². The van der Waals surface area contributed by atoms with Gasteiger partial charge in [-0.15, -0.1) is 0 Å². The van der Waals surface area contributed by atoms with Gasteiger partial charge in [-0.25, -0.2) is 4.98 Å². The second-order valence-electron chi connectivity index (χ2n) is 5.50. The monoisotopic (exact) mass is 337 g/mol. The Balaban J connectivity index is 1.94. The summed E-state index contributed by atoms with van der Waals surface area (Å²) in [6.07, 6.45) is 0.592. The lowest BCUT2D eigenvalue weighted by atomic mass is 10.1. The number of carbonyl (C=O) groups excluding carboxylic acids is 1. The van der Waals surface area contributed by atoms with Crippen LogP contribution in [-0.2, 0) is 16.0 Å². The first-order chi connectivity index (χ1) is 12.2. The predicted molar refractivity (Wildman–Crippen MR) is 94.0 cm³/mol. The van der Waals surface area contributed by atoms with Gasteiger partial charge < -0.3 is 14.3 Å². The molecular formula is C20H19NO4. The molecule has 0 aliphatic rings. The van der Waals surface area contributed by atoms with E-state index in [1.807, 2.05) is 30.3 Å². The summed E-state index contributed by atoms with van der Waals surface area (Å²) in [5, 5.41) is 9.50. The fourth-order valence-electron chi connectivity index (χ4n) is 2.51. The van der Waals surface area contributed by atoms with Crippen molar-refractivity contribution in [2.75, 3.05) is 6.61 Å². The quantitative estimate of drug-likeness (QED) is 0.682. The van der Waals surface area contributed by atoms with Gasteiger partial charge in [-0.2, -0.15) is 0 Å². The molecule has 0 amide bonds. The van der Waals surface area contributed by atoms with Gasteiger partial charge in [-0.05, 0) is 31.2 Å². The average molecular weight is 337 g/mol. The third kappa shape index (κ3) is 4.07. The molecule has 0 atom stereocenters. The lowest BCUT2D eigenvalue weighted by Gasteiger charge is -2.01. The summed E-state index contributed by atoms with van der Waals surface area (Å²) in [4.78, 5) is 16.1. The van der Waals surface area contributed by atoms with E-state index in [1.165, 1.54) is 0 Å². The highest BCUT2D eigenvalue weighted by atomic mass is 16.5. The number of hydrogen-bond acceptors (Lipinski definition) is 5. The number of benzene rings is 2. The molecule has 0 aliphatic heterocycles. The van der Waals surface area contributed by atoms with Gasteiger partial charge in [0.1, 0.15) is 11.4 Å². The molecule has 0 saturated heterocycles. The predicted octanol–water partition coefficient (Wildman–Crippen LogP) is 4.21. The Morgan fingerprint density at radius 1 is 1.08 bits per heavy atom. The van der Waals surface area contributed by atoms with Crippen molar-refractivity contribution in [3.63, 3.8) is 0 Å². The molecule has 0 spiro atoms. The van der Waals surface area contributed by atoms with Crippen LogP contribution in [0.25, 0.3) is 22.6 Å². The van der Waals surface area contributed by atoms with Gasteiger partial charge >= 0.3 is 5.97 Å². The highest BCUT2D eigenvalue weighted by Crippen LogP contribution is 2.33. The maximum absolute atomic E-state index is 11.6. The molecule has 0 saturated carbocycles. The molecule has 0 unspecified atom stereocenters. The molecular weight excluding hydrogens is 318 g/mol. The van der Waals surface area contributed by atoms with Gasteiger partial charge in [0.05, 0.1) is 13.0 Å². The SMILES string of the molecule is CCOC(=O)CCc1nc(-c2ccc(O)cc2)c(-c2ccccc2)o1. The molecule has 5 heteroatoms. The maximum Gasteiger partial charge on any atom is 0.306 e. The standard InChI is InChI=1S/C20H19NO4/c1-2-24-18(23)13-12-17-21-19(14-8-10-16(22)11-9-14)20(25-17)15-6-4-3-5-7-15/h3-11,22H,2,12-13H2,1H3. The van der Waals surface area contributed by atoms with Crippen LogP contribution in [0.3, 0.4) is 0 Å². The fraction of sp³-hybridized carbons (Fsp3) is 0.200. The third-order valence-corrected chi connectivity index (χ3v) is 3.70. The Labute approximate surface area is 145 Å². The lowest BCUT2D eigenvalue weighted by Crippen LogP contribution is -2.05. The van der Waals surface area contributed by atoms with E-state index in [9.17, 15) is 9.90 Å². The van der Waals surface area contributed by atoms with Crippen LogP contribution in [0, 0.1) is 0 Å². The van der Waals surface area contributed by atoms with Crippen LogP contribution in [0.4, 0.5) is 0 Å². The average Bonchev–Trinajstić information content (AvgIpc) is 3.06. The van der Waals surface area contributed by atoms with E-state index in [2.05, 4.69) is 4.98 Å². The largest absolute Gasteiger partial charge is 0.508 e. The minimum absolute atomic E-state index is 0.191. The molecule has 1 N–H and O–H groups in total. The summed E-state index contributed by atoms with van der Waals surface area (Å²) in [5.41, 5.74) is 2.42. The van der Waals surface area contributed by atoms with Crippen LogP contribution in [0.5, 0.6) is 5.75 Å². The van der Waals surface area contributed by atoms with Crippen LogP contribution in [-0.4, -0.2) is 22.7 Å².